The van der Waals surface area contributed by atoms with Gasteiger partial charge in [0.15, 0.2) is 17.2 Å². The summed E-state index contributed by atoms with van der Waals surface area (Å²) in [7, 11) is 0. The highest BCUT2D eigenvalue weighted by molar-refractivity contribution is 6.33. The summed E-state index contributed by atoms with van der Waals surface area (Å²) in [6.45, 7) is 0. The van der Waals surface area contributed by atoms with Crippen molar-refractivity contribution in [1.82, 2.24) is 4.98 Å². The van der Waals surface area contributed by atoms with E-state index in [1.54, 1.807) is 6.07 Å². The summed E-state index contributed by atoms with van der Waals surface area (Å²) in [4.78, 5) is 2.77. The fourth-order valence-electron chi connectivity index (χ4n) is 2.03. The minimum absolute atomic E-state index is 0.149. The van der Waals surface area contributed by atoms with Gasteiger partial charge in [0.05, 0.1) is 16.1 Å². The number of aromatic nitrogens is 1. The van der Waals surface area contributed by atoms with Crippen LogP contribution in [0, 0.1) is 0 Å². The molecule has 0 radical (unpaired) electrons. The van der Waals surface area contributed by atoms with Crippen LogP contribution in [0.25, 0.3) is 21.8 Å². The van der Waals surface area contributed by atoms with Gasteiger partial charge < -0.3 is 25.4 Å². The lowest BCUT2D eigenvalue weighted by Crippen LogP contribution is -1.74. The van der Waals surface area contributed by atoms with Crippen molar-refractivity contribution in [3.8, 4) is 23.0 Å². The smallest absolute Gasteiger partial charge is 0.202 e. The van der Waals surface area contributed by atoms with E-state index in [-0.39, 0.29) is 16.3 Å². The Balaban J connectivity index is 2.59. The number of hydrogen-bond acceptors (Lipinski definition) is 4. The molecule has 1 heterocycles. The molecular formula is C12H8ClNO4. The number of halogens is 1. The fourth-order valence-corrected chi connectivity index (χ4v) is 2.18. The van der Waals surface area contributed by atoms with Gasteiger partial charge in [-0.15, -0.1) is 0 Å². The Kier molecular flexibility index (Phi) is 2.03. The second-order valence-corrected chi connectivity index (χ2v) is 4.37. The Morgan fingerprint density at radius 1 is 0.833 bits per heavy atom. The van der Waals surface area contributed by atoms with E-state index in [1.165, 1.54) is 12.1 Å². The van der Waals surface area contributed by atoms with E-state index >= 15 is 0 Å². The molecule has 0 saturated heterocycles. The summed E-state index contributed by atoms with van der Waals surface area (Å²) in [5.74, 6) is -1.67. The zero-order valence-electron chi connectivity index (χ0n) is 8.90. The Morgan fingerprint density at radius 3 is 2.22 bits per heavy atom. The average molecular weight is 266 g/mol. The van der Waals surface area contributed by atoms with Gasteiger partial charge in [-0.1, -0.05) is 17.7 Å². The quantitative estimate of drug-likeness (QED) is 0.404. The summed E-state index contributed by atoms with van der Waals surface area (Å²) < 4.78 is 0. The molecule has 0 fully saturated rings. The van der Waals surface area contributed by atoms with Gasteiger partial charge in [0.2, 0.25) is 5.75 Å². The third-order valence-corrected chi connectivity index (χ3v) is 3.23. The number of aromatic hydroxyl groups is 4. The van der Waals surface area contributed by atoms with Gasteiger partial charge in [-0.25, -0.2) is 0 Å². The van der Waals surface area contributed by atoms with E-state index in [0.717, 1.165) is 0 Å². The van der Waals surface area contributed by atoms with Crippen molar-refractivity contribution in [2.75, 3.05) is 0 Å². The van der Waals surface area contributed by atoms with Crippen molar-refractivity contribution in [3.05, 3.63) is 23.2 Å². The number of rotatable bonds is 0. The molecule has 18 heavy (non-hydrogen) atoms. The first-order chi connectivity index (χ1) is 8.50. The normalized spacial score (nSPS) is 11.4. The van der Waals surface area contributed by atoms with Crippen molar-refractivity contribution >= 4 is 33.4 Å². The summed E-state index contributed by atoms with van der Waals surface area (Å²) in [5, 5.41) is 39.7. The van der Waals surface area contributed by atoms with Crippen molar-refractivity contribution in [2.45, 2.75) is 0 Å². The van der Waals surface area contributed by atoms with Gasteiger partial charge in [0, 0.05) is 10.8 Å². The fraction of sp³-hybridized carbons (Fsp3) is 0. The van der Waals surface area contributed by atoms with Crippen molar-refractivity contribution < 1.29 is 20.4 Å². The maximum Gasteiger partial charge on any atom is 0.202 e. The molecule has 0 saturated carbocycles. The first kappa shape index (κ1) is 10.9. The second-order valence-electron chi connectivity index (χ2n) is 3.96. The van der Waals surface area contributed by atoms with Gasteiger partial charge in [-0.2, -0.15) is 0 Å². The molecule has 0 amide bonds. The van der Waals surface area contributed by atoms with E-state index < -0.39 is 17.2 Å². The number of phenols is 4. The van der Waals surface area contributed by atoms with Gasteiger partial charge in [-0.05, 0) is 12.1 Å². The molecule has 3 aromatic rings. The topological polar surface area (TPSA) is 96.7 Å². The molecule has 0 aliphatic carbocycles. The number of hydrogen-bond donors (Lipinski definition) is 5. The van der Waals surface area contributed by atoms with Crippen LogP contribution in [-0.4, -0.2) is 25.4 Å². The van der Waals surface area contributed by atoms with Crippen molar-refractivity contribution in [2.24, 2.45) is 0 Å². The van der Waals surface area contributed by atoms with E-state index in [0.29, 0.717) is 16.3 Å². The van der Waals surface area contributed by atoms with Crippen LogP contribution >= 0.6 is 11.6 Å². The van der Waals surface area contributed by atoms with E-state index in [4.69, 9.17) is 11.6 Å². The lowest BCUT2D eigenvalue weighted by molar-refractivity contribution is 0.371. The molecule has 0 aliphatic heterocycles. The summed E-state index contributed by atoms with van der Waals surface area (Å²) in [6.07, 6.45) is 0. The van der Waals surface area contributed by atoms with Crippen LogP contribution < -0.4 is 0 Å². The van der Waals surface area contributed by atoms with Crippen LogP contribution in [0.5, 0.6) is 23.0 Å². The predicted octanol–water partition coefficient (Wildman–Crippen LogP) is 2.80. The number of aromatic amines is 1. The Hall–Kier alpha value is -2.27. The lowest BCUT2D eigenvalue weighted by atomic mass is 10.1. The van der Waals surface area contributed by atoms with E-state index in [1.807, 2.05) is 0 Å². The lowest BCUT2D eigenvalue weighted by Gasteiger charge is -2.01. The maximum absolute atomic E-state index is 9.82. The van der Waals surface area contributed by atoms with Gasteiger partial charge in [-0.3, -0.25) is 0 Å². The molecule has 1 aromatic heterocycles. The average Bonchev–Trinajstić information content (AvgIpc) is 2.71. The minimum Gasteiger partial charge on any atom is -0.504 e. The number of fused-ring (bicyclic) bond motifs is 3. The van der Waals surface area contributed by atoms with Crippen LogP contribution in [0.3, 0.4) is 0 Å². The highest BCUT2D eigenvalue weighted by atomic mass is 35.5. The van der Waals surface area contributed by atoms with Crippen LogP contribution in [-0.2, 0) is 0 Å². The molecule has 92 valence electrons. The van der Waals surface area contributed by atoms with E-state index in [9.17, 15) is 20.4 Å². The predicted molar refractivity (Wildman–Crippen MR) is 67.5 cm³/mol. The molecule has 3 rings (SSSR count). The van der Waals surface area contributed by atoms with Crippen molar-refractivity contribution in [1.29, 1.82) is 0 Å². The minimum atomic E-state index is -0.611. The van der Waals surface area contributed by atoms with Crippen LogP contribution in [0.15, 0.2) is 18.2 Å². The monoisotopic (exact) mass is 265 g/mol. The standard InChI is InChI=1S/C12H8ClNO4/c13-6-2-1-4-5-3-7(15)11(17)12(18)9(5)14-8(4)10(6)16/h1-3,14-18H. The van der Waals surface area contributed by atoms with Gasteiger partial charge in [0.25, 0.3) is 0 Å². The summed E-state index contributed by atoms with van der Waals surface area (Å²) in [5.41, 5.74) is 0.552. The number of nitrogens with one attached hydrogen (secondary N) is 1. The highest BCUT2D eigenvalue weighted by Crippen LogP contribution is 2.45. The first-order valence-corrected chi connectivity index (χ1v) is 5.45. The maximum atomic E-state index is 9.82. The summed E-state index contributed by atoms with van der Waals surface area (Å²) >= 11 is 5.79. The molecule has 2 aromatic carbocycles. The Morgan fingerprint density at radius 2 is 1.50 bits per heavy atom. The van der Waals surface area contributed by atoms with E-state index in [2.05, 4.69) is 4.98 Å². The number of benzene rings is 2. The molecule has 5 nitrogen and oxygen atoms in total. The van der Waals surface area contributed by atoms with Crippen LogP contribution in [0.4, 0.5) is 0 Å². The molecule has 0 unspecified atom stereocenters. The summed E-state index contributed by atoms with van der Waals surface area (Å²) in [6, 6.07) is 4.45. The Labute approximate surface area is 105 Å². The molecule has 0 aliphatic rings. The highest BCUT2D eigenvalue weighted by Gasteiger charge is 2.17. The van der Waals surface area contributed by atoms with Gasteiger partial charge >= 0.3 is 0 Å². The van der Waals surface area contributed by atoms with Crippen LogP contribution in [0.2, 0.25) is 5.02 Å². The third-order valence-electron chi connectivity index (χ3n) is 2.92. The number of phenolic OH excluding ortho intramolecular Hbond substituents is 4. The molecule has 0 spiro atoms. The molecule has 0 atom stereocenters. The zero-order chi connectivity index (χ0) is 13.0. The zero-order valence-corrected chi connectivity index (χ0v) is 9.65. The molecule has 5 N–H and O–H groups in total. The van der Waals surface area contributed by atoms with Crippen LogP contribution in [0.1, 0.15) is 0 Å². The van der Waals surface area contributed by atoms with Gasteiger partial charge in [0.1, 0.15) is 0 Å². The third kappa shape index (κ3) is 1.22. The number of H-pyrrole nitrogens is 1. The largest absolute Gasteiger partial charge is 0.504 e. The second kappa shape index (κ2) is 3.36. The molecule has 0 bridgehead atoms. The first-order valence-electron chi connectivity index (χ1n) is 5.07. The molecular weight excluding hydrogens is 258 g/mol. The Bertz CT molecular complexity index is 794. The van der Waals surface area contributed by atoms with Crippen molar-refractivity contribution in [3.63, 3.8) is 0 Å². The SMILES string of the molecule is Oc1cc2c([nH]c3c(O)c(Cl)ccc32)c(O)c1O. The molecule has 6 heteroatoms.